The fourth-order valence-electron chi connectivity index (χ4n) is 2.56. The molecule has 1 saturated heterocycles. The summed E-state index contributed by atoms with van der Waals surface area (Å²) < 4.78 is 8.23. The second kappa shape index (κ2) is 6.20. The Morgan fingerprint density at radius 1 is 1.30 bits per heavy atom. The van der Waals surface area contributed by atoms with Gasteiger partial charge in [0.15, 0.2) is 4.77 Å². The van der Waals surface area contributed by atoms with Gasteiger partial charge < -0.3 is 14.3 Å². The van der Waals surface area contributed by atoms with Gasteiger partial charge in [0.05, 0.1) is 18.1 Å². The average molecular weight is 309 g/mol. The van der Waals surface area contributed by atoms with Crippen LogP contribution in [0.1, 0.15) is 0 Å². The molecule has 6 heteroatoms. The van der Waals surface area contributed by atoms with Gasteiger partial charge in [-0.2, -0.15) is 11.8 Å². The van der Waals surface area contributed by atoms with Gasteiger partial charge in [0.2, 0.25) is 0 Å². The lowest BCUT2D eigenvalue weighted by atomic mass is 10.3. The minimum Gasteiger partial charge on any atom is -0.497 e. The Bertz CT molecular complexity index is 643. The Balaban J connectivity index is 1.80. The molecule has 108 valence electrons. The minimum absolute atomic E-state index is 0.791. The first-order valence-electron chi connectivity index (χ1n) is 6.84. The number of hydrogen-bond donors (Lipinski definition) is 1. The number of nitrogens with zero attached hydrogens (tertiary/aromatic N) is 2. The van der Waals surface area contributed by atoms with Crippen LogP contribution in [0.2, 0.25) is 0 Å². The molecule has 2 heterocycles. The summed E-state index contributed by atoms with van der Waals surface area (Å²) in [5.41, 5.74) is 2.20. The molecule has 0 aliphatic carbocycles. The number of imidazole rings is 1. The summed E-state index contributed by atoms with van der Waals surface area (Å²) in [6.07, 6.45) is 0. The third kappa shape index (κ3) is 2.87. The lowest BCUT2D eigenvalue weighted by Gasteiger charge is -2.26. The molecule has 1 N–H and O–H groups in total. The molecule has 4 nitrogen and oxygen atoms in total. The number of methoxy groups -OCH3 is 1. The van der Waals surface area contributed by atoms with Gasteiger partial charge in [0.1, 0.15) is 5.75 Å². The number of rotatable bonds is 4. The van der Waals surface area contributed by atoms with E-state index in [2.05, 4.69) is 20.5 Å². The predicted octanol–water partition coefficient (Wildman–Crippen LogP) is 2.76. The van der Waals surface area contributed by atoms with Crippen molar-refractivity contribution in [1.29, 1.82) is 0 Å². The van der Waals surface area contributed by atoms with E-state index < -0.39 is 0 Å². The molecular weight excluding hydrogens is 290 g/mol. The first-order chi connectivity index (χ1) is 9.78. The van der Waals surface area contributed by atoms with Crippen molar-refractivity contribution in [3.05, 3.63) is 23.0 Å². The van der Waals surface area contributed by atoms with E-state index >= 15 is 0 Å². The molecule has 0 amide bonds. The molecule has 1 fully saturated rings. The molecule has 0 spiro atoms. The van der Waals surface area contributed by atoms with Crippen LogP contribution in [0.3, 0.4) is 0 Å². The second-order valence-electron chi connectivity index (χ2n) is 4.92. The number of nitrogens with one attached hydrogen (secondary N) is 1. The van der Waals surface area contributed by atoms with Crippen LogP contribution in [0.4, 0.5) is 0 Å². The smallest absolute Gasteiger partial charge is 0.178 e. The lowest BCUT2D eigenvalue weighted by molar-refractivity contribution is 0.290. The standard InChI is InChI=1S/C14H19N3OS2/c1-18-11-2-3-13-12(10-11)15-14(19)17(13)5-4-16-6-8-20-9-7-16/h2-3,10H,4-9H2,1H3,(H,15,19). The van der Waals surface area contributed by atoms with Crippen molar-refractivity contribution in [1.82, 2.24) is 14.5 Å². The number of aromatic nitrogens is 2. The summed E-state index contributed by atoms with van der Waals surface area (Å²) in [5, 5.41) is 0. The van der Waals surface area contributed by atoms with E-state index in [4.69, 9.17) is 17.0 Å². The maximum atomic E-state index is 5.44. The average Bonchev–Trinajstić information content (AvgIpc) is 2.80. The zero-order chi connectivity index (χ0) is 13.9. The first kappa shape index (κ1) is 14.0. The fraction of sp³-hybridized carbons (Fsp3) is 0.500. The molecule has 0 atom stereocenters. The molecule has 0 radical (unpaired) electrons. The van der Waals surface area contributed by atoms with Crippen LogP contribution in [0.25, 0.3) is 11.0 Å². The fourth-order valence-corrected chi connectivity index (χ4v) is 3.84. The highest BCUT2D eigenvalue weighted by molar-refractivity contribution is 7.99. The Hall–Kier alpha value is -0.980. The van der Waals surface area contributed by atoms with Crippen LogP contribution in [-0.2, 0) is 6.54 Å². The molecule has 0 unspecified atom stereocenters. The number of thioether (sulfide) groups is 1. The molecule has 1 aromatic carbocycles. The molecule has 2 aromatic rings. The van der Waals surface area contributed by atoms with Crippen molar-refractivity contribution in [2.45, 2.75) is 6.54 Å². The number of fused-ring (bicyclic) bond motifs is 1. The van der Waals surface area contributed by atoms with Gasteiger partial charge in [-0.25, -0.2) is 0 Å². The first-order valence-corrected chi connectivity index (χ1v) is 8.41. The number of H-pyrrole nitrogens is 1. The monoisotopic (exact) mass is 309 g/mol. The van der Waals surface area contributed by atoms with Gasteiger partial charge >= 0.3 is 0 Å². The molecule has 3 rings (SSSR count). The highest BCUT2D eigenvalue weighted by Crippen LogP contribution is 2.20. The van der Waals surface area contributed by atoms with E-state index in [1.165, 1.54) is 24.6 Å². The summed E-state index contributed by atoms with van der Waals surface area (Å²) >= 11 is 7.49. The van der Waals surface area contributed by atoms with Gasteiger partial charge in [0, 0.05) is 43.8 Å². The molecule has 0 bridgehead atoms. The Morgan fingerprint density at radius 2 is 2.10 bits per heavy atom. The largest absolute Gasteiger partial charge is 0.497 e. The van der Waals surface area contributed by atoms with Crippen molar-refractivity contribution in [3.8, 4) is 5.75 Å². The normalized spacial score (nSPS) is 16.6. The molecule has 0 saturated carbocycles. The topological polar surface area (TPSA) is 33.2 Å². The maximum Gasteiger partial charge on any atom is 0.178 e. The van der Waals surface area contributed by atoms with Crippen molar-refractivity contribution in [3.63, 3.8) is 0 Å². The van der Waals surface area contributed by atoms with E-state index in [1.54, 1.807) is 7.11 Å². The van der Waals surface area contributed by atoms with Crippen molar-refractivity contribution in [2.24, 2.45) is 0 Å². The van der Waals surface area contributed by atoms with Gasteiger partial charge in [-0.3, -0.25) is 4.90 Å². The van der Waals surface area contributed by atoms with Crippen LogP contribution >= 0.6 is 24.0 Å². The third-order valence-corrected chi connectivity index (χ3v) is 4.99. The number of benzene rings is 1. The van der Waals surface area contributed by atoms with E-state index in [9.17, 15) is 0 Å². The SMILES string of the molecule is COc1ccc2c(c1)[nH]c(=S)n2CCN1CCSCC1. The summed E-state index contributed by atoms with van der Waals surface area (Å²) in [6.45, 7) is 4.38. The Kier molecular flexibility index (Phi) is 4.33. The number of aromatic amines is 1. The Morgan fingerprint density at radius 3 is 2.85 bits per heavy atom. The van der Waals surface area contributed by atoms with Crippen molar-refractivity contribution < 1.29 is 4.74 Å². The molecule has 1 aliphatic rings. The summed E-state index contributed by atoms with van der Waals surface area (Å²) in [6, 6.07) is 6.06. The van der Waals surface area contributed by atoms with Crippen LogP contribution in [0.15, 0.2) is 18.2 Å². The van der Waals surface area contributed by atoms with Crippen molar-refractivity contribution >= 4 is 35.0 Å². The van der Waals surface area contributed by atoms with E-state index in [1.807, 2.05) is 23.9 Å². The highest BCUT2D eigenvalue weighted by atomic mass is 32.2. The van der Waals surface area contributed by atoms with Gasteiger partial charge in [0.25, 0.3) is 0 Å². The number of ether oxygens (including phenoxy) is 1. The summed E-state index contributed by atoms with van der Waals surface area (Å²) in [7, 11) is 1.68. The van der Waals surface area contributed by atoms with Crippen LogP contribution in [0.5, 0.6) is 5.75 Å². The minimum atomic E-state index is 0.791. The molecule has 1 aliphatic heterocycles. The quantitative estimate of drug-likeness (QED) is 0.881. The summed E-state index contributed by atoms with van der Waals surface area (Å²) in [5.74, 6) is 3.35. The second-order valence-corrected chi connectivity index (χ2v) is 6.53. The van der Waals surface area contributed by atoms with Crippen LogP contribution < -0.4 is 4.74 Å². The third-order valence-electron chi connectivity index (χ3n) is 3.72. The van der Waals surface area contributed by atoms with Gasteiger partial charge in [-0.1, -0.05) is 0 Å². The maximum absolute atomic E-state index is 5.44. The number of hydrogen-bond acceptors (Lipinski definition) is 4. The molecule has 20 heavy (non-hydrogen) atoms. The zero-order valence-corrected chi connectivity index (χ0v) is 13.2. The van der Waals surface area contributed by atoms with Gasteiger partial charge in [-0.05, 0) is 24.4 Å². The van der Waals surface area contributed by atoms with E-state index in [0.29, 0.717) is 0 Å². The van der Waals surface area contributed by atoms with Gasteiger partial charge in [-0.15, -0.1) is 0 Å². The predicted molar refractivity (Wildman–Crippen MR) is 87.4 cm³/mol. The highest BCUT2D eigenvalue weighted by Gasteiger charge is 2.11. The van der Waals surface area contributed by atoms with Crippen LogP contribution in [0, 0.1) is 4.77 Å². The Labute approximate surface area is 128 Å². The molecular formula is C14H19N3OS2. The summed E-state index contributed by atoms with van der Waals surface area (Å²) in [4.78, 5) is 5.78. The molecule has 1 aromatic heterocycles. The van der Waals surface area contributed by atoms with Crippen LogP contribution in [-0.4, -0.2) is 52.7 Å². The zero-order valence-electron chi connectivity index (χ0n) is 11.6. The van der Waals surface area contributed by atoms with E-state index in [-0.39, 0.29) is 0 Å². The lowest BCUT2D eigenvalue weighted by Crippen LogP contribution is -2.35. The van der Waals surface area contributed by atoms with Crippen molar-refractivity contribution in [2.75, 3.05) is 38.2 Å². The van der Waals surface area contributed by atoms with E-state index in [0.717, 1.165) is 34.6 Å².